The van der Waals surface area contributed by atoms with Crippen molar-refractivity contribution in [2.24, 2.45) is 17.8 Å². The third-order valence-corrected chi connectivity index (χ3v) is 7.86. The number of nitrogens with zero attached hydrogens (tertiary/aromatic N) is 2. The van der Waals surface area contributed by atoms with E-state index in [4.69, 9.17) is 4.74 Å². The molecule has 0 bridgehead atoms. The Kier molecular flexibility index (Phi) is 7.53. The van der Waals surface area contributed by atoms with Crippen LogP contribution in [0.25, 0.3) is 0 Å². The molecule has 4 atom stereocenters. The van der Waals surface area contributed by atoms with Crippen molar-refractivity contribution in [3.8, 4) is 0 Å². The van der Waals surface area contributed by atoms with Gasteiger partial charge in [-0.1, -0.05) is 42.5 Å². The summed E-state index contributed by atoms with van der Waals surface area (Å²) in [5.74, 6) is -0.150. The topological polar surface area (TPSA) is 61.9 Å². The molecule has 0 saturated carbocycles. The summed E-state index contributed by atoms with van der Waals surface area (Å²) in [6.45, 7) is 4.39. The minimum Gasteiger partial charge on any atom is -0.381 e. The lowest BCUT2D eigenvalue weighted by molar-refractivity contribution is -0.138. The van der Waals surface area contributed by atoms with Crippen molar-refractivity contribution in [3.05, 3.63) is 71.3 Å². The zero-order valence-electron chi connectivity index (χ0n) is 20.6. The van der Waals surface area contributed by atoms with Crippen LogP contribution in [0, 0.1) is 17.8 Å². The van der Waals surface area contributed by atoms with Crippen molar-refractivity contribution < 1.29 is 27.5 Å². The van der Waals surface area contributed by atoms with Gasteiger partial charge in [-0.25, -0.2) is 0 Å². The number of nitrogens with one attached hydrogen (secondary N) is 1. The third-order valence-electron chi connectivity index (χ3n) is 7.86. The quantitative estimate of drug-likeness (QED) is 0.606. The molecule has 1 N–H and O–H groups in total. The van der Waals surface area contributed by atoms with Crippen molar-refractivity contribution in [1.82, 2.24) is 15.1 Å². The van der Waals surface area contributed by atoms with Gasteiger partial charge in [0.2, 0.25) is 5.91 Å². The molecule has 0 radical (unpaired) electrons. The van der Waals surface area contributed by atoms with Crippen molar-refractivity contribution in [3.63, 3.8) is 0 Å². The van der Waals surface area contributed by atoms with E-state index in [-0.39, 0.29) is 35.3 Å². The van der Waals surface area contributed by atoms with Crippen LogP contribution in [0.5, 0.6) is 0 Å². The fourth-order valence-corrected chi connectivity index (χ4v) is 5.88. The van der Waals surface area contributed by atoms with Gasteiger partial charge in [-0.15, -0.1) is 0 Å². The maximum atomic E-state index is 13.4. The summed E-state index contributed by atoms with van der Waals surface area (Å²) in [7, 11) is 0. The summed E-state index contributed by atoms with van der Waals surface area (Å²) >= 11 is 0. The maximum Gasteiger partial charge on any atom is 0.417 e. The predicted molar refractivity (Wildman–Crippen MR) is 132 cm³/mol. The number of hydrogen-bond acceptors (Lipinski definition) is 4. The SMILES string of the molecule is O=C(NC(CCN1CC2CN(C(=O)c3ccccc3C(F)(F)F)C[C@@H]2C1)c1ccccc1)C1CCOC1. The van der Waals surface area contributed by atoms with Gasteiger partial charge in [-0.2, -0.15) is 13.2 Å². The van der Waals surface area contributed by atoms with Gasteiger partial charge in [-0.05, 0) is 42.4 Å². The average molecular weight is 516 g/mol. The Hall–Kier alpha value is -2.91. The lowest BCUT2D eigenvalue weighted by Gasteiger charge is -2.26. The van der Waals surface area contributed by atoms with E-state index in [1.165, 1.54) is 18.2 Å². The van der Waals surface area contributed by atoms with E-state index >= 15 is 0 Å². The van der Waals surface area contributed by atoms with Crippen LogP contribution in [0.15, 0.2) is 54.6 Å². The van der Waals surface area contributed by atoms with E-state index in [9.17, 15) is 22.8 Å². The molecule has 3 fully saturated rings. The van der Waals surface area contributed by atoms with Crippen molar-refractivity contribution in [2.75, 3.05) is 45.9 Å². The number of likely N-dealkylation sites (tertiary alicyclic amines) is 2. The zero-order chi connectivity index (χ0) is 26.0. The normalized spacial score (nSPS) is 24.7. The van der Waals surface area contributed by atoms with Crippen LogP contribution < -0.4 is 5.32 Å². The second-order valence-electron chi connectivity index (χ2n) is 10.4. The van der Waals surface area contributed by atoms with Crippen LogP contribution >= 0.6 is 0 Å². The molecule has 3 aliphatic heterocycles. The Morgan fingerprint density at radius 1 is 0.973 bits per heavy atom. The van der Waals surface area contributed by atoms with Crippen LogP contribution in [0.4, 0.5) is 13.2 Å². The first kappa shape index (κ1) is 25.7. The Labute approximate surface area is 214 Å². The Morgan fingerprint density at radius 2 is 1.65 bits per heavy atom. The molecule has 0 aromatic heterocycles. The molecule has 37 heavy (non-hydrogen) atoms. The van der Waals surface area contributed by atoms with Gasteiger partial charge >= 0.3 is 6.18 Å². The van der Waals surface area contributed by atoms with Crippen molar-refractivity contribution in [2.45, 2.75) is 25.1 Å². The molecule has 3 aliphatic rings. The highest BCUT2D eigenvalue weighted by Crippen LogP contribution is 2.36. The first-order chi connectivity index (χ1) is 17.8. The van der Waals surface area contributed by atoms with Gasteiger partial charge in [0.05, 0.1) is 29.7 Å². The number of halogens is 3. The van der Waals surface area contributed by atoms with Crippen molar-refractivity contribution >= 4 is 11.8 Å². The second-order valence-corrected chi connectivity index (χ2v) is 10.4. The van der Waals surface area contributed by atoms with Crippen molar-refractivity contribution in [1.29, 1.82) is 0 Å². The summed E-state index contributed by atoms with van der Waals surface area (Å²) in [4.78, 5) is 29.7. The smallest absolute Gasteiger partial charge is 0.381 e. The minimum atomic E-state index is -4.56. The van der Waals surface area contributed by atoms with Crippen LogP contribution in [0.3, 0.4) is 0 Å². The van der Waals surface area contributed by atoms with Gasteiger partial charge in [0.25, 0.3) is 5.91 Å². The number of hydrogen-bond donors (Lipinski definition) is 1. The molecule has 198 valence electrons. The molecule has 0 aliphatic carbocycles. The maximum absolute atomic E-state index is 13.4. The van der Waals surface area contributed by atoms with Gasteiger partial charge in [0.15, 0.2) is 0 Å². The molecule has 2 aromatic carbocycles. The number of carbonyl (C=O) groups excluding carboxylic acids is 2. The number of ether oxygens (including phenoxy) is 1. The first-order valence-corrected chi connectivity index (χ1v) is 12.9. The summed E-state index contributed by atoms with van der Waals surface area (Å²) in [5, 5.41) is 3.22. The molecular formula is C28H32F3N3O3. The fourth-order valence-electron chi connectivity index (χ4n) is 5.88. The number of benzene rings is 2. The summed E-state index contributed by atoms with van der Waals surface area (Å²) in [6.07, 6.45) is -3.07. The number of fused-ring (bicyclic) bond motifs is 1. The monoisotopic (exact) mass is 515 g/mol. The highest BCUT2D eigenvalue weighted by Gasteiger charge is 2.43. The minimum absolute atomic E-state index is 0.0259. The van der Waals surface area contributed by atoms with Crippen LogP contribution in [-0.2, 0) is 15.7 Å². The number of amides is 2. The molecular weight excluding hydrogens is 483 g/mol. The molecule has 2 amide bonds. The van der Waals surface area contributed by atoms with Gasteiger partial charge in [0, 0.05) is 39.3 Å². The van der Waals surface area contributed by atoms with E-state index in [2.05, 4.69) is 10.2 Å². The Balaban J connectivity index is 1.17. The first-order valence-electron chi connectivity index (χ1n) is 12.9. The molecule has 3 saturated heterocycles. The molecule has 3 unspecified atom stereocenters. The second kappa shape index (κ2) is 10.8. The van der Waals surface area contributed by atoms with Crippen LogP contribution in [0.1, 0.15) is 40.4 Å². The van der Waals surface area contributed by atoms with Gasteiger partial charge < -0.3 is 19.9 Å². The lowest BCUT2D eigenvalue weighted by atomic mass is 10.0. The Bertz CT molecular complexity index is 1090. The number of carbonyl (C=O) groups is 2. The van der Waals surface area contributed by atoms with E-state index in [0.29, 0.717) is 26.3 Å². The lowest BCUT2D eigenvalue weighted by Crippen LogP contribution is -2.37. The highest BCUT2D eigenvalue weighted by atomic mass is 19.4. The average Bonchev–Trinajstić information content (AvgIpc) is 3.63. The molecule has 9 heteroatoms. The number of alkyl halides is 3. The molecule has 2 aromatic rings. The van der Waals surface area contributed by atoms with E-state index in [0.717, 1.165) is 44.1 Å². The third kappa shape index (κ3) is 5.83. The predicted octanol–water partition coefficient (Wildman–Crippen LogP) is 3.99. The van der Waals surface area contributed by atoms with E-state index < -0.39 is 17.6 Å². The van der Waals surface area contributed by atoms with E-state index in [1.54, 1.807) is 4.90 Å². The van der Waals surface area contributed by atoms with Crippen LogP contribution in [0.2, 0.25) is 0 Å². The van der Waals surface area contributed by atoms with Crippen LogP contribution in [-0.4, -0.2) is 67.6 Å². The van der Waals surface area contributed by atoms with E-state index in [1.807, 2.05) is 30.3 Å². The largest absolute Gasteiger partial charge is 0.417 e. The molecule has 3 heterocycles. The summed E-state index contributed by atoms with van der Waals surface area (Å²) in [6, 6.07) is 14.8. The molecule has 5 rings (SSSR count). The summed E-state index contributed by atoms with van der Waals surface area (Å²) < 4.78 is 45.6. The Morgan fingerprint density at radius 3 is 2.30 bits per heavy atom. The zero-order valence-corrected chi connectivity index (χ0v) is 20.6. The molecule has 0 spiro atoms. The highest BCUT2D eigenvalue weighted by molar-refractivity contribution is 5.96. The number of rotatable bonds is 7. The molecule has 6 nitrogen and oxygen atoms in total. The van der Waals surface area contributed by atoms with Gasteiger partial charge in [0.1, 0.15) is 0 Å². The van der Waals surface area contributed by atoms with Gasteiger partial charge in [-0.3, -0.25) is 9.59 Å². The standard InChI is InChI=1S/C28H32F3N3O3/c29-28(30,31)24-9-5-4-8-23(24)27(36)34-16-21-14-33(15-22(21)17-34)12-10-25(19-6-2-1-3-7-19)32-26(35)20-11-13-37-18-20/h1-9,20-22,25H,10-18H2,(H,32,35)/t20?,21-,22?,25?/m0/s1. The fraction of sp³-hybridized carbons (Fsp3) is 0.500. The summed E-state index contributed by atoms with van der Waals surface area (Å²) in [5.41, 5.74) is -0.0907.